The minimum absolute atomic E-state index is 0.198. The van der Waals surface area contributed by atoms with Gasteiger partial charge < -0.3 is 10.1 Å². The SMILES string of the molecule is CCCNC(CCn1nc(C)c(CC)c1C)C(=O)OC. The van der Waals surface area contributed by atoms with Crippen LogP contribution in [0.25, 0.3) is 0 Å². The van der Waals surface area contributed by atoms with Crippen LogP contribution >= 0.6 is 0 Å². The van der Waals surface area contributed by atoms with Gasteiger partial charge in [0.25, 0.3) is 0 Å². The summed E-state index contributed by atoms with van der Waals surface area (Å²) in [6.07, 6.45) is 2.68. The highest BCUT2D eigenvalue weighted by molar-refractivity contribution is 5.75. The second-order valence-electron chi connectivity index (χ2n) is 5.04. The van der Waals surface area contributed by atoms with E-state index in [2.05, 4.69) is 31.2 Å². The summed E-state index contributed by atoms with van der Waals surface area (Å²) >= 11 is 0. The van der Waals surface area contributed by atoms with Crippen molar-refractivity contribution in [2.75, 3.05) is 13.7 Å². The maximum atomic E-state index is 11.7. The van der Waals surface area contributed by atoms with E-state index in [0.29, 0.717) is 6.42 Å². The zero-order valence-corrected chi connectivity index (χ0v) is 13.3. The Bertz CT molecular complexity index is 441. The van der Waals surface area contributed by atoms with E-state index in [-0.39, 0.29) is 12.0 Å². The standard InChI is InChI=1S/C15H27N3O2/c1-6-9-16-14(15(19)20-5)8-10-18-12(4)13(7-2)11(3)17-18/h14,16H,6-10H2,1-5H3. The number of methoxy groups -OCH3 is 1. The van der Waals surface area contributed by atoms with Gasteiger partial charge in [-0.05, 0) is 45.2 Å². The number of hydrogen-bond acceptors (Lipinski definition) is 4. The van der Waals surface area contributed by atoms with E-state index < -0.39 is 0 Å². The minimum atomic E-state index is -0.256. The smallest absolute Gasteiger partial charge is 0.322 e. The van der Waals surface area contributed by atoms with Crippen molar-refractivity contribution < 1.29 is 9.53 Å². The van der Waals surface area contributed by atoms with Gasteiger partial charge in [-0.3, -0.25) is 9.48 Å². The van der Waals surface area contributed by atoms with E-state index in [9.17, 15) is 4.79 Å². The number of hydrogen-bond donors (Lipinski definition) is 1. The lowest BCUT2D eigenvalue weighted by atomic mass is 10.1. The Morgan fingerprint density at radius 1 is 1.40 bits per heavy atom. The molecule has 0 saturated heterocycles. The first-order valence-corrected chi connectivity index (χ1v) is 7.39. The second kappa shape index (κ2) is 8.04. The fourth-order valence-electron chi connectivity index (χ4n) is 2.48. The monoisotopic (exact) mass is 281 g/mol. The Kier molecular flexibility index (Phi) is 6.71. The zero-order valence-electron chi connectivity index (χ0n) is 13.3. The molecule has 0 aromatic carbocycles. The summed E-state index contributed by atoms with van der Waals surface area (Å²) < 4.78 is 6.84. The number of rotatable bonds is 8. The van der Waals surface area contributed by atoms with Crippen LogP contribution in [-0.2, 0) is 22.5 Å². The molecular weight excluding hydrogens is 254 g/mol. The van der Waals surface area contributed by atoms with Gasteiger partial charge in [-0.15, -0.1) is 0 Å². The summed E-state index contributed by atoms with van der Waals surface area (Å²) in [5, 5.41) is 7.78. The average molecular weight is 281 g/mol. The van der Waals surface area contributed by atoms with Crippen LogP contribution in [0.5, 0.6) is 0 Å². The van der Waals surface area contributed by atoms with Crippen molar-refractivity contribution in [3.63, 3.8) is 0 Å². The van der Waals surface area contributed by atoms with Crippen molar-refractivity contribution in [3.05, 3.63) is 17.0 Å². The number of carbonyl (C=O) groups is 1. The molecular formula is C15H27N3O2. The van der Waals surface area contributed by atoms with Gasteiger partial charge in [0.1, 0.15) is 6.04 Å². The molecule has 0 saturated carbocycles. The molecule has 0 spiro atoms. The zero-order chi connectivity index (χ0) is 15.1. The maximum absolute atomic E-state index is 11.7. The molecule has 5 nitrogen and oxygen atoms in total. The summed E-state index contributed by atoms with van der Waals surface area (Å²) in [6.45, 7) is 9.89. The molecule has 0 aliphatic carbocycles. The molecule has 1 aromatic rings. The molecule has 0 bridgehead atoms. The first-order valence-electron chi connectivity index (χ1n) is 7.39. The fourth-order valence-corrected chi connectivity index (χ4v) is 2.48. The normalized spacial score (nSPS) is 12.4. The first-order chi connectivity index (χ1) is 9.54. The van der Waals surface area contributed by atoms with Crippen molar-refractivity contribution >= 4 is 5.97 Å². The van der Waals surface area contributed by atoms with Crippen LogP contribution in [-0.4, -0.2) is 35.4 Å². The van der Waals surface area contributed by atoms with Gasteiger partial charge >= 0.3 is 5.97 Å². The lowest BCUT2D eigenvalue weighted by Gasteiger charge is -2.16. The molecule has 1 N–H and O–H groups in total. The molecule has 0 aliphatic heterocycles. The molecule has 0 amide bonds. The van der Waals surface area contributed by atoms with Crippen LogP contribution in [0.4, 0.5) is 0 Å². The van der Waals surface area contributed by atoms with E-state index in [4.69, 9.17) is 4.74 Å². The summed E-state index contributed by atoms with van der Waals surface area (Å²) in [7, 11) is 1.43. The molecule has 1 heterocycles. The highest BCUT2D eigenvalue weighted by atomic mass is 16.5. The van der Waals surface area contributed by atoms with Gasteiger partial charge in [0.15, 0.2) is 0 Å². The lowest BCUT2D eigenvalue weighted by molar-refractivity contribution is -0.143. The fraction of sp³-hybridized carbons (Fsp3) is 0.733. The van der Waals surface area contributed by atoms with E-state index in [1.165, 1.54) is 18.4 Å². The number of carbonyl (C=O) groups excluding carboxylic acids is 1. The summed E-state index contributed by atoms with van der Waals surface area (Å²) in [4.78, 5) is 11.7. The molecule has 1 aromatic heterocycles. The molecule has 5 heteroatoms. The number of esters is 1. The van der Waals surface area contributed by atoms with Gasteiger partial charge in [0, 0.05) is 12.2 Å². The molecule has 0 fully saturated rings. The number of nitrogens with zero attached hydrogens (tertiary/aromatic N) is 2. The number of nitrogens with one attached hydrogen (secondary N) is 1. The Labute approximate surface area is 121 Å². The molecule has 0 radical (unpaired) electrons. The predicted octanol–water partition coefficient (Wildman–Crippen LogP) is 1.99. The van der Waals surface area contributed by atoms with E-state index >= 15 is 0 Å². The molecule has 1 unspecified atom stereocenters. The average Bonchev–Trinajstić information content (AvgIpc) is 2.72. The van der Waals surface area contributed by atoms with E-state index in [1.54, 1.807) is 0 Å². The van der Waals surface area contributed by atoms with Gasteiger partial charge in [0.2, 0.25) is 0 Å². The Balaban J connectivity index is 2.69. The molecule has 114 valence electrons. The van der Waals surface area contributed by atoms with Crippen molar-refractivity contribution in [3.8, 4) is 0 Å². The molecule has 1 atom stereocenters. The number of aromatic nitrogens is 2. The number of aryl methyl sites for hydroxylation is 2. The van der Waals surface area contributed by atoms with Crippen molar-refractivity contribution in [2.24, 2.45) is 0 Å². The van der Waals surface area contributed by atoms with Crippen LogP contribution in [0.2, 0.25) is 0 Å². The highest BCUT2D eigenvalue weighted by Gasteiger charge is 2.19. The van der Waals surface area contributed by atoms with Gasteiger partial charge in [-0.1, -0.05) is 13.8 Å². The van der Waals surface area contributed by atoms with E-state index in [1.807, 2.05) is 11.6 Å². The third-order valence-corrected chi connectivity index (χ3v) is 3.64. The third kappa shape index (κ3) is 4.07. The van der Waals surface area contributed by atoms with Crippen LogP contribution < -0.4 is 5.32 Å². The molecule has 0 aliphatic rings. The minimum Gasteiger partial charge on any atom is -0.468 e. The van der Waals surface area contributed by atoms with Crippen LogP contribution in [0.3, 0.4) is 0 Å². The third-order valence-electron chi connectivity index (χ3n) is 3.64. The van der Waals surface area contributed by atoms with Crippen LogP contribution in [0.1, 0.15) is 43.6 Å². The topological polar surface area (TPSA) is 56.2 Å². The largest absolute Gasteiger partial charge is 0.468 e. The highest BCUT2D eigenvalue weighted by Crippen LogP contribution is 2.14. The first kappa shape index (κ1) is 16.7. The second-order valence-corrected chi connectivity index (χ2v) is 5.04. The van der Waals surface area contributed by atoms with Crippen molar-refractivity contribution in [2.45, 2.75) is 59.5 Å². The lowest BCUT2D eigenvalue weighted by Crippen LogP contribution is -2.39. The summed E-state index contributed by atoms with van der Waals surface area (Å²) in [5.41, 5.74) is 3.59. The Morgan fingerprint density at radius 2 is 2.10 bits per heavy atom. The van der Waals surface area contributed by atoms with Gasteiger partial charge in [0.05, 0.1) is 12.8 Å². The van der Waals surface area contributed by atoms with Crippen molar-refractivity contribution in [1.29, 1.82) is 0 Å². The Morgan fingerprint density at radius 3 is 2.60 bits per heavy atom. The maximum Gasteiger partial charge on any atom is 0.322 e. The van der Waals surface area contributed by atoms with Crippen LogP contribution in [0.15, 0.2) is 0 Å². The molecule has 1 rings (SSSR count). The molecule has 20 heavy (non-hydrogen) atoms. The van der Waals surface area contributed by atoms with E-state index in [0.717, 1.165) is 31.6 Å². The van der Waals surface area contributed by atoms with Crippen LogP contribution in [0, 0.1) is 13.8 Å². The Hall–Kier alpha value is -1.36. The quantitative estimate of drug-likeness (QED) is 0.740. The predicted molar refractivity (Wildman–Crippen MR) is 79.8 cm³/mol. The summed E-state index contributed by atoms with van der Waals surface area (Å²) in [6, 6.07) is -0.256. The number of ether oxygens (including phenoxy) is 1. The van der Waals surface area contributed by atoms with Gasteiger partial charge in [-0.25, -0.2) is 0 Å². The van der Waals surface area contributed by atoms with Gasteiger partial charge in [-0.2, -0.15) is 5.10 Å². The van der Waals surface area contributed by atoms with Crippen molar-refractivity contribution in [1.82, 2.24) is 15.1 Å². The summed E-state index contributed by atoms with van der Waals surface area (Å²) in [5.74, 6) is -0.198.